The summed E-state index contributed by atoms with van der Waals surface area (Å²) < 4.78 is 22.5. The van der Waals surface area contributed by atoms with Gasteiger partial charge in [-0.25, -0.2) is 4.57 Å². The normalized spacial score (nSPS) is 12.4. The summed E-state index contributed by atoms with van der Waals surface area (Å²) >= 11 is 0. The Labute approximate surface area is 203 Å². The first-order valence-electron chi connectivity index (χ1n) is 9.40. The molecule has 0 amide bonds. The molecule has 0 radical (unpaired) electrons. The molecule has 0 aliphatic carbocycles. The molecule has 3 aromatic rings. The smallest absolute Gasteiger partial charge is 0.736 e. The number of phosphoric ester groups is 1. The zero-order valence-electron chi connectivity index (χ0n) is 17.7. The molecule has 1 N–H and O–H groups in total. The van der Waals surface area contributed by atoms with Crippen molar-refractivity contribution in [1.82, 2.24) is 0 Å². The van der Waals surface area contributed by atoms with Crippen LogP contribution in [0.1, 0.15) is 33.5 Å². The first-order valence-corrected chi connectivity index (χ1v) is 10.9. The molecule has 3 aromatic carbocycles. The van der Waals surface area contributed by atoms with E-state index in [1.165, 1.54) is 12.1 Å². The second-order valence-electron chi connectivity index (χ2n) is 7.04. The molecule has 0 aromatic heterocycles. The van der Waals surface area contributed by atoms with Crippen molar-refractivity contribution in [3.63, 3.8) is 0 Å². The van der Waals surface area contributed by atoms with E-state index in [1.807, 2.05) is 19.9 Å². The molecule has 0 aliphatic heterocycles. The zero-order valence-corrected chi connectivity index (χ0v) is 20.6. The molecular weight excluding hydrogens is 426 g/mol. The third-order valence-electron chi connectivity index (χ3n) is 4.37. The van der Waals surface area contributed by atoms with E-state index in [-0.39, 0.29) is 64.6 Å². The van der Waals surface area contributed by atoms with Crippen LogP contribution in [0.3, 0.4) is 0 Å². The van der Waals surface area contributed by atoms with Crippen molar-refractivity contribution >= 4 is 13.6 Å². The van der Waals surface area contributed by atoms with E-state index in [4.69, 9.17) is 9.05 Å². The Morgan fingerprint density at radius 2 is 1.58 bits per heavy atom. The molecule has 6 nitrogen and oxygen atoms in total. The number of phenolic OH excluding ortho intramolecular Hbond substituents is 1. The van der Waals surface area contributed by atoms with Crippen molar-refractivity contribution < 1.29 is 58.0 Å². The van der Waals surface area contributed by atoms with Crippen LogP contribution in [0.2, 0.25) is 0 Å². The predicted octanol–water partition coefficient (Wildman–Crippen LogP) is 1.75. The number of ketones is 1. The van der Waals surface area contributed by atoms with Gasteiger partial charge in [-0.1, -0.05) is 30.3 Å². The summed E-state index contributed by atoms with van der Waals surface area (Å²) in [7, 11) is -4.64. The summed E-state index contributed by atoms with van der Waals surface area (Å²) in [6, 6.07) is 18.0. The van der Waals surface area contributed by atoms with Crippen LogP contribution in [-0.4, -0.2) is 10.9 Å². The van der Waals surface area contributed by atoms with Crippen molar-refractivity contribution in [3.05, 3.63) is 89.0 Å². The van der Waals surface area contributed by atoms with Crippen molar-refractivity contribution in [2.75, 3.05) is 0 Å². The number of carbonyl (C=O) groups is 1. The quantitative estimate of drug-likeness (QED) is 0.321. The Hall–Kier alpha value is -2.08. The van der Waals surface area contributed by atoms with Gasteiger partial charge in [-0.15, -0.1) is 0 Å². The van der Waals surface area contributed by atoms with Gasteiger partial charge in [0.05, 0.1) is 5.56 Å². The zero-order chi connectivity index (χ0) is 21.7. The number of aromatic hydroxyl groups is 1. The average Bonchev–Trinajstić information content (AvgIpc) is 2.65. The van der Waals surface area contributed by atoms with Gasteiger partial charge in [0.1, 0.15) is 17.2 Å². The summed E-state index contributed by atoms with van der Waals surface area (Å²) in [6.07, 6.45) is 0.528. The minimum Gasteiger partial charge on any atom is -0.736 e. The summed E-state index contributed by atoms with van der Waals surface area (Å²) in [5, 5.41) is 9.78. The minimum absolute atomic E-state index is 0. The van der Waals surface area contributed by atoms with Gasteiger partial charge in [-0.3, -0.25) is 4.79 Å². The third kappa shape index (κ3) is 7.53. The van der Waals surface area contributed by atoms with E-state index in [1.54, 1.807) is 48.5 Å². The van der Waals surface area contributed by atoms with E-state index in [9.17, 15) is 19.4 Å². The fourth-order valence-electron chi connectivity index (χ4n) is 3.12. The Balaban J connectivity index is 0.00000341. The summed E-state index contributed by atoms with van der Waals surface area (Å²) in [5.74, 6) is 0.0305. The number of carbonyl (C=O) groups excluding carboxylic acids is 1. The topological polar surface area (TPSA) is 95.9 Å². The van der Waals surface area contributed by atoms with Gasteiger partial charge < -0.3 is 19.0 Å². The van der Waals surface area contributed by atoms with E-state index < -0.39 is 7.82 Å². The molecule has 3 rings (SSSR count). The molecule has 0 saturated heterocycles. The van der Waals surface area contributed by atoms with Gasteiger partial charge in [-0.05, 0) is 73.4 Å². The van der Waals surface area contributed by atoms with Gasteiger partial charge in [-0.2, -0.15) is 0 Å². The first kappa shape index (κ1) is 25.2. The Morgan fingerprint density at radius 3 is 2.26 bits per heavy atom. The van der Waals surface area contributed by atoms with Gasteiger partial charge in [0.2, 0.25) is 0 Å². The maximum Gasteiger partial charge on any atom is 1.00 e. The molecule has 1 atom stereocenters. The Kier molecular flexibility index (Phi) is 8.92. The number of para-hydroxylation sites is 1. The standard InChI is InChI=1S/C23H23O6P.Na/c1-16-12-17(2)14-20(13-16)29-30(26,27)28-19-7-5-6-18(15-19)10-11-23(25)21-8-3-4-9-22(21)24;/h3-9,12-15,24H,10-11H2,1-2H3,(H,26,27);/q;+1/p-1. The fourth-order valence-corrected chi connectivity index (χ4v) is 3.89. The molecule has 0 fully saturated rings. The Bertz CT molecular complexity index is 1090. The van der Waals surface area contributed by atoms with Crippen LogP contribution >= 0.6 is 7.82 Å². The van der Waals surface area contributed by atoms with E-state index in [0.717, 1.165) is 16.7 Å². The van der Waals surface area contributed by atoms with Crippen molar-refractivity contribution in [2.24, 2.45) is 0 Å². The molecule has 156 valence electrons. The second-order valence-corrected chi connectivity index (χ2v) is 8.30. The van der Waals surface area contributed by atoms with E-state index in [0.29, 0.717) is 6.42 Å². The number of hydrogen-bond donors (Lipinski definition) is 1. The van der Waals surface area contributed by atoms with Gasteiger partial charge >= 0.3 is 37.4 Å². The molecule has 8 heteroatoms. The number of phenols is 1. The first-order chi connectivity index (χ1) is 14.2. The van der Waals surface area contributed by atoms with Crippen LogP contribution in [0.5, 0.6) is 17.2 Å². The van der Waals surface area contributed by atoms with Crippen LogP contribution in [-0.2, 0) is 11.0 Å². The fraction of sp³-hybridized carbons (Fsp3) is 0.174. The molecule has 31 heavy (non-hydrogen) atoms. The predicted molar refractivity (Wildman–Crippen MR) is 112 cm³/mol. The van der Waals surface area contributed by atoms with Crippen molar-refractivity contribution in [1.29, 1.82) is 0 Å². The maximum absolute atomic E-state index is 12.3. The second kappa shape index (κ2) is 11.0. The number of aryl methyl sites for hydroxylation is 3. The SMILES string of the molecule is Cc1cc(C)cc(OP(=O)([O-])Oc2cccc(CCC(=O)c3ccccc3O)c2)c1.[Na+]. The van der Waals surface area contributed by atoms with E-state index >= 15 is 0 Å². The summed E-state index contributed by atoms with van der Waals surface area (Å²) in [4.78, 5) is 24.6. The van der Waals surface area contributed by atoms with Crippen LogP contribution < -0.4 is 43.5 Å². The monoisotopic (exact) mass is 448 g/mol. The molecule has 0 bridgehead atoms. The van der Waals surface area contributed by atoms with Crippen LogP contribution in [0.15, 0.2) is 66.7 Å². The minimum atomic E-state index is -4.64. The number of rotatable bonds is 8. The largest absolute Gasteiger partial charge is 1.00 e. The molecule has 1 unspecified atom stereocenters. The van der Waals surface area contributed by atoms with Crippen molar-refractivity contribution in [2.45, 2.75) is 26.7 Å². The summed E-state index contributed by atoms with van der Waals surface area (Å²) in [6.45, 7) is 3.69. The molecular formula is C23H22NaO6P. The number of hydrogen-bond acceptors (Lipinski definition) is 6. The van der Waals surface area contributed by atoms with Gasteiger partial charge in [0.15, 0.2) is 5.78 Å². The number of phosphoric acid groups is 1. The van der Waals surface area contributed by atoms with Gasteiger partial charge in [0, 0.05) is 6.42 Å². The van der Waals surface area contributed by atoms with Crippen molar-refractivity contribution in [3.8, 4) is 17.2 Å². The molecule has 0 saturated carbocycles. The molecule has 0 aliphatic rings. The van der Waals surface area contributed by atoms with Gasteiger partial charge in [0.25, 0.3) is 0 Å². The summed E-state index contributed by atoms with van der Waals surface area (Å²) in [5.41, 5.74) is 2.74. The van der Waals surface area contributed by atoms with Crippen LogP contribution in [0, 0.1) is 13.8 Å². The number of Topliss-reactive ketones (excluding diaryl/α,β-unsaturated/α-hetero) is 1. The van der Waals surface area contributed by atoms with Crippen LogP contribution in [0.4, 0.5) is 0 Å². The molecule has 0 heterocycles. The Morgan fingerprint density at radius 1 is 0.935 bits per heavy atom. The maximum atomic E-state index is 12.3. The van der Waals surface area contributed by atoms with Crippen LogP contribution in [0.25, 0.3) is 0 Å². The molecule has 0 spiro atoms. The van der Waals surface area contributed by atoms with E-state index in [2.05, 4.69) is 0 Å². The number of benzene rings is 3. The average molecular weight is 448 g/mol. The third-order valence-corrected chi connectivity index (χ3v) is 5.24.